The molecule has 6 heteroatoms. The summed E-state index contributed by atoms with van der Waals surface area (Å²) in [6.07, 6.45) is 91.3. The smallest absolute Gasteiger partial charge is 0.306 e. The first-order valence-corrected chi connectivity index (χ1v) is 36.3. The first-order valence-electron chi connectivity index (χ1n) is 36.3. The molecule has 0 aromatic heterocycles. The number of rotatable bonds is 67. The van der Waals surface area contributed by atoms with Gasteiger partial charge in [0.15, 0.2) is 6.10 Å². The minimum Gasteiger partial charge on any atom is -0.462 e. The normalized spacial score (nSPS) is 12.4. The lowest BCUT2D eigenvalue weighted by Gasteiger charge is -2.18. The highest BCUT2D eigenvalue weighted by Crippen LogP contribution is 2.19. The zero-order valence-corrected chi connectivity index (χ0v) is 55.0. The van der Waals surface area contributed by atoms with Crippen LogP contribution in [0.5, 0.6) is 0 Å². The molecule has 82 heavy (non-hydrogen) atoms. The zero-order chi connectivity index (χ0) is 59.2. The van der Waals surface area contributed by atoms with E-state index in [0.29, 0.717) is 19.3 Å². The van der Waals surface area contributed by atoms with Crippen molar-refractivity contribution in [2.24, 2.45) is 0 Å². The van der Waals surface area contributed by atoms with Crippen molar-refractivity contribution < 1.29 is 28.6 Å². The van der Waals surface area contributed by atoms with Crippen LogP contribution in [0.25, 0.3) is 0 Å². The highest BCUT2D eigenvalue weighted by atomic mass is 16.6. The zero-order valence-electron chi connectivity index (χ0n) is 55.0. The Labute approximate surface area is 510 Å². The van der Waals surface area contributed by atoms with Crippen molar-refractivity contribution in [1.82, 2.24) is 0 Å². The van der Waals surface area contributed by atoms with E-state index in [1.807, 2.05) is 0 Å². The van der Waals surface area contributed by atoms with E-state index < -0.39 is 6.10 Å². The molecule has 0 bridgehead atoms. The van der Waals surface area contributed by atoms with E-state index >= 15 is 0 Å². The Bertz CT molecular complexity index is 1460. The second-order valence-electron chi connectivity index (χ2n) is 24.5. The average molecular weight is 1150 g/mol. The van der Waals surface area contributed by atoms with Crippen LogP contribution in [0, 0.1) is 0 Å². The van der Waals surface area contributed by atoms with E-state index in [2.05, 4.69) is 81.5 Å². The third kappa shape index (κ3) is 67.9. The van der Waals surface area contributed by atoms with Gasteiger partial charge in [-0.3, -0.25) is 14.4 Å². The molecule has 0 aromatic carbocycles. The van der Waals surface area contributed by atoms with Crippen LogP contribution in [0.15, 0.2) is 60.8 Å². The molecule has 0 aliphatic heterocycles. The fourth-order valence-corrected chi connectivity index (χ4v) is 10.8. The lowest BCUT2D eigenvalue weighted by molar-refractivity contribution is -0.167. The Morgan fingerprint density at radius 3 is 0.756 bits per heavy atom. The van der Waals surface area contributed by atoms with Crippen molar-refractivity contribution >= 4 is 17.9 Å². The SMILES string of the molecule is CC/C=C\C/C=C\C/C=C\C/C=C\CCCCCCC(=O)OC(COC(=O)CCCCCCC/C=C\CCCCCCCC)COC(=O)CCCCCCCCCCCCCCCCCCCCCCCCCCCCCCCCCC. The van der Waals surface area contributed by atoms with Gasteiger partial charge in [0, 0.05) is 19.3 Å². The number of allylic oxidation sites excluding steroid dienone is 10. The van der Waals surface area contributed by atoms with Crippen molar-refractivity contribution in [3.8, 4) is 0 Å². The summed E-state index contributed by atoms with van der Waals surface area (Å²) in [5.74, 6) is -0.895. The molecule has 0 heterocycles. The van der Waals surface area contributed by atoms with Crippen LogP contribution < -0.4 is 0 Å². The Balaban J connectivity index is 4.17. The molecule has 6 nitrogen and oxygen atoms in total. The van der Waals surface area contributed by atoms with E-state index in [4.69, 9.17) is 14.2 Å². The highest BCUT2D eigenvalue weighted by Gasteiger charge is 2.19. The Morgan fingerprint density at radius 2 is 0.476 bits per heavy atom. The maximum absolute atomic E-state index is 12.9. The molecule has 0 fully saturated rings. The molecule has 0 aliphatic carbocycles. The number of carbonyl (C=O) groups is 3. The Kier molecular flexibility index (Phi) is 68.1. The first kappa shape index (κ1) is 79.1. The van der Waals surface area contributed by atoms with E-state index in [1.54, 1.807) is 0 Å². The predicted molar refractivity (Wildman–Crippen MR) is 358 cm³/mol. The Hall–Kier alpha value is -2.89. The van der Waals surface area contributed by atoms with Gasteiger partial charge >= 0.3 is 17.9 Å². The number of hydrogen-bond acceptors (Lipinski definition) is 6. The van der Waals surface area contributed by atoms with Crippen molar-refractivity contribution in [2.75, 3.05) is 13.2 Å². The van der Waals surface area contributed by atoms with Gasteiger partial charge in [0.1, 0.15) is 13.2 Å². The molecule has 1 unspecified atom stereocenters. The summed E-state index contributed by atoms with van der Waals surface area (Å²) < 4.78 is 17.0. The highest BCUT2D eigenvalue weighted by molar-refractivity contribution is 5.71. The van der Waals surface area contributed by atoms with Crippen LogP contribution in [0.1, 0.15) is 387 Å². The summed E-state index contributed by atoms with van der Waals surface area (Å²) in [6.45, 7) is 6.56. The second kappa shape index (κ2) is 70.6. The molecule has 1 atom stereocenters. The van der Waals surface area contributed by atoms with E-state index in [0.717, 1.165) is 103 Å². The van der Waals surface area contributed by atoms with Crippen LogP contribution in [-0.2, 0) is 28.6 Å². The van der Waals surface area contributed by atoms with E-state index in [1.165, 1.54) is 244 Å². The molecule has 0 aromatic rings. The van der Waals surface area contributed by atoms with E-state index in [-0.39, 0.29) is 31.1 Å². The molecule has 0 aliphatic rings. The Morgan fingerprint density at radius 1 is 0.256 bits per heavy atom. The largest absolute Gasteiger partial charge is 0.462 e. The van der Waals surface area contributed by atoms with Crippen LogP contribution in [-0.4, -0.2) is 37.2 Å². The number of carbonyl (C=O) groups excluding carboxylic acids is 3. The molecule has 0 rings (SSSR count). The summed E-state index contributed by atoms with van der Waals surface area (Å²) in [5.41, 5.74) is 0. The average Bonchev–Trinajstić information content (AvgIpc) is 3.47. The van der Waals surface area contributed by atoms with E-state index in [9.17, 15) is 14.4 Å². The second-order valence-corrected chi connectivity index (χ2v) is 24.5. The lowest BCUT2D eigenvalue weighted by Crippen LogP contribution is -2.30. The van der Waals surface area contributed by atoms with Crippen molar-refractivity contribution in [2.45, 2.75) is 393 Å². The number of hydrogen-bond donors (Lipinski definition) is 0. The van der Waals surface area contributed by atoms with Crippen molar-refractivity contribution in [3.05, 3.63) is 60.8 Å². The standard InChI is InChI=1S/C76H138O6/c1-4-7-10-13-16-19-22-25-28-30-31-32-33-34-35-36-37-38-39-40-41-42-43-44-46-48-51-54-57-60-63-66-69-75(78)81-72-73(71-80-74(77)68-65-62-59-56-53-50-47-27-24-21-18-15-12-9-6-3)82-76(79)70-67-64-61-58-55-52-49-45-29-26-23-20-17-14-11-8-5-2/h8,11,17,20,26-27,29,47,49,52,73H,4-7,9-10,12-16,18-19,21-25,28,30-46,48,50-51,53-72H2,1-3H3/b11-8-,20-17-,29-26-,47-27-,52-49-. The molecule has 0 radical (unpaired) electrons. The third-order valence-electron chi connectivity index (χ3n) is 16.3. The minimum atomic E-state index is -0.791. The molecule has 478 valence electrons. The molecular weight excluding hydrogens is 1010 g/mol. The molecule has 0 saturated carbocycles. The predicted octanol–water partition coefficient (Wildman–Crippen LogP) is 25.1. The van der Waals surface area contributed by atoms with Gasteiger partial charge in [0.05, 0.1) is 0 Å². The van der Waals surface area contributed by atoms with Gasteiger partial charge in [-0.05, 0) is 83.5 Å². The summed E-state index contributed by atoms with van der Waals surface area (Å²) in [6, 6.07) is 0. The molecule has 0 spiro atoms. The third-order valence-corrected chi connectivity index (χ3v) is 16.3. The summed E-state index contributed by atoms with van der Waals surface area (Å²) >= 11 is 0. The molecule has 0 saturated heterocycles. The number of unbranched alkanes of at least 4 members (excludes halogenated alkanes) is 46. The monoisotopic (exact) mass is 1150 g/mol. The number of esters is 3. The fraction of sp³-hybridized carbons (Fsp3) is 0.829. The van der Waals surface area contributed by atoms with Gasteiger partial charge in [-0.15, -0.1) is 0 Å². The van der Waals surface area contributed by atoms with Crippen LogP contribution in [0.2, 0.25) is 0 Å². The quantitative estimate of drug-likeness (QED) is 0.0261. The first-order chi connectivity index (χ1) is 40.5. The van der Waals surface area contributed by atoms with Gasteiger partial charge in [-0.2, -0.15) is 0 Å². The van der Waals surface area contributed by atoms with Crippen molar-refractivity contribution in [1.29, 1.82) is 0 Å². The van der Waals surface area contributed by atoms with Gasteiger partial charge in [0.2, 0.25) is 0 Å². The minimum absolute atomic E-state index is 0.0836. The summed E-state index contributed by atoms with van der Waals surface area (Å²) in [4.78, 5) is 38.4. The van der Waals surface area contributed by atoms with Crippen LogP contribution in [0.3, 0.4) is 0 Å². The van der Waals surface area contributed by atoms with Gasteiger partial charge in [-0.1, -0.05) is 345 Å². The van der Waals surface area contributed by atoms with Gasteiger partial charge in [0.25, 0.3) is 0 Å². The fourth-order valence-electron chi connectivity index (χ4n) is 10.8. The molecule has 0 N–H and O–H groups in total. The lowest BCUT2D eigenvalue weighted by atomic mass is 10.0. The molecular formula is C76H138O6. The van der Waals surface area contributed by atoms with Gasteiger partial charge in [-0.25, -0.2) is 0 Å². The van der Waals surface area contributed by atoms with Crippen molar-refractivity contribution in [3.63, 3.8) is 0 Å². The number of ether oxygens (including phenoxy) is 3. The van der Waals surface area contributed by atoms with Gasteiger partial charge < -0.3 is 14.2 Å². The summed E-state index contributed by atoms with van der Waals surface area (Å²) in [5, 5.41) is 0. The maximum Gasteiger partial charge on any atom is 0.306 e. The topological polar surface area (TPSA) is 78.9 Å². The summed E-state index contributed by atoms with van der Waals surface area (Å²) in [7, 11) is 0. The van der Waals surface area contributed by atoms with Crippen LogP contribution in [0.4, 0.5) is 0 Å². The van der Waals surface area contributed by atoms with Crippen LogP contribution >= 0.6 is 0 Å². The molecule has 0 amide bonds. The maximum atomic E-state index is 12.9.